The third-order valence-corrected chi connectivity index (χ3v) is 8.76. The Bertz CT molecular complexity index is 706. The van der Waals surface area contributed by atoms with Crippen LogP contribution in [0.25, 0.3) is 0 Å². The number of hydrogen-bond acceptors (Lipinski definition) is 4. The second kappa shape index (κ2) is 8.97. The molecule has 0 N–H and O–H groups in total. The summed E-state index contributed by atoms with van der Waals surface area (Å²) in [5.74, 6) is 1.77. The lowest BCUT2D eigenvalue weighted by Gasteiger charge is -2.41. The van der Waals surface area contributed by atoms with Crippen molar-refractivity contribution in [2.45, 2.75) is 90.4 Å². The maximum absolute atomic E-state index is 13.0. The van der Waals surface area contributed by atoms with Gasteiger partial charge < -0.3 is 14.4 Å². The molecule has 0 radical (unpaired) electrons. The largest absolute Gasteiger partial charge is 0.353 e. The number of nitrogens with zero attached hydrogens (tertiary/aromatic N) is 1. The van der Waals surface area contributed by atoms with Gasteiger partial charge in [0.05, 0.1) is 11.5 Å². The molecule has 4 rings (SSSR count). The van der Waals surface area contributed by atoms with Crippen molar-refractivity contribution in [3.63, 3.8) is 0 Å². The average Bonchev–Trinajstić information content (AvgIpc) is 3.47. The molecule has 4 unspecified atom stereocenters. The average molecular weight is 432 g/mol. The molecular formula is C26H41NO4. The summed E-state index contributed by atoms with van der Waals surface area (Å²) in [4.78, 5) is 27.2. The van der Waals surface area contributed by atoms with Crippen LogP contribution in [0.5, 0.6) is 0 Å². The number of rotatable bonds is 7. The van der Waals surface area contributed by atoms with Gasteiger partial charge in [0.25, 0.3) is 0 Å². The minimum atomic E-state index is -0.441. The fourth-order valence-corrected chi connectivity index (χ4v) is 6.79. The zero-order valence-electron chi connectivity index (χ0n) is 19.9. The third-order valence-electron chi connectivity index (χ3n) is 8.76. The van der Waals surface area contributed by atoms with Gasteiger partial charge in [0.2, 0.25) is 5.91 Å². The molecule has 6 atom stereocenters. The fourth-order valence-electron chi connectivity index (χ4n) is 6.79. The molecule has 31 heavy (non-hydrogen) atoms. The van der Waals surface area contributed by atoms with E-state index >= 15 is 0 Å². The van der Waals surface area contributed by atoms with Gasteiger partial charge in [-0.2, -0.15) is 0 Å². The van der Waals surface area contributed by atoms with Gasteiger partial charge in [0, 0.05) is 33.0 Å². The smallest absolute Gasteiger partial charge is 0.231 e. The molecule has 0 spiro atoms. The maximum Gasteiger partial charge on any atom is 0.231 e. The van der Waals surface area contributed by atoms with Crippen LogP contribution >= 0.6 is 0 Å². The summed E-state index contributed by atoms with van der Waals surface area (Å²) in [5, 5.41) is 0. The summed E-state index contributed by atoms with van der Waals surface area (Å²) in [5.41, 5.74) is -0.317. The highest BCUT2D eigenvalue weighted by Crippen LogP contribution is 2.57. The van der Waals surface area contributed by atoms with E-state index in [0.717, 1.165) is 70.8 Å². The van der Waals surface area contributed by atoms with Gasteiger partial charge in [-0.25, -0.2) is 0 Å². The molecule has 4 fully saturated rings. The van der Waals surface area contributed by atoms with E-state index in [1.54, 1.807) is 4.90 Å². The molecule has 0 aromatic rings. The fraction of sp³-hybridized carbons (Fsp3) is 0.846. The lowest BCUT2D eigenvalue weighted by molar-refractivity contribution is -0.193. The van der Waals surface area contributed by atoms with Crippen LogP contribution in [0.4, 0.5) is 0 Å². The summed E-state index contributed by atoms with van der Waals surface area (Å²) < 4.78 is 12.3. The predicted octanol–water partition coefficient (Wildman–Crippen LogP) is 4.74. The molecule has 5 nitrogen and oxygen atoms in total. The van der Waals surface area contributed by atoms with Crippen LogP contribution in [0.3, 0.4) is 0 Å². The Kier molecular flexibility index (Phi) is 6.65. The molecule has 4 aliphatic rings. The Morgan fingerprint density at radius 1 is 1.13 bits per heavy atom. The van der Waals surface area contributed by atoms with Crippen molar-refractivity contribution >= 4 is 11.7 Å². The van der Waals surface area contributed by atoms with Gasteiger partial charge in [0.1, 0.15) is 5.78 Å². The van der Waals surface area contributed by atoms with Gasteiger partial charge in [-0.05, 0) is 75.0 Å². The van der Waals surface area contributed by atoms with Gasteiger partial charge in [-0.15, -0.1) is 0 Å². The number of carbonyl (C=O) groups is 2. The molecule has 174 valence electrons. The Morgan fingerprint density at radius 3 is 2.55 bits per heavy atom. The maximum atomic E-state index is 13.0. The molecule has 5 heteroatoms. The zero-order chi connectivity index (χ0) is 22.2. The number of hydrogen-bond donors (Lipinski definition) is 0. The second-order valence-electron chi connectivity index (χ2n) is 11.0. The van der Waals surface area contributed by atoms with E-state index in [1.165, 1.54) is 0 Å². The molecular weight excluding hydrogens is 390 g/mol. The quantitative estimate of drug-likeness (QED) is 0.546. The number of ketones is 1. The first-order valence-corrected chi connectivity index (χ1v) is 12.5. The monoisotopic (exact) mass is 431 g/mol. The minimum Gasteiger partial charge on any atom is -0.353 e. The van der Waals surface area contributed by atoms with E-state index in [9.17, 15) is 9.59 Å². The first kappa shape index (κ1) is 23.0. The normalized spacial score (nSPS) is 36.8. The molecule has 3 aliphatic carbocycles. The molecule has 1 aliphatic heterocycles. The third kappa shape index (κ3) is 4.37. The highest BCUT2D eigenvalue weighted by atomic mass is 16.7. The zero-order valence-corrected chi connectivity index (χ0v) is 19.9. The summed E-state index contributed by atoms with van der Waals surface area (Å²) in [6, 6.07) is 0. The van der Waals surface area contributed by atoms with E-state index in [1.807, 2.05) is 14.1 Å². The van der Waals surface area contributed by atoms with Crippen LogP contribution in [-0.2, 0) is 19.1 Å². The summed E-state index contributed by atoms with van der Waals surface area (Å²) in [6.07, 6.45) is 14.0. The number of carbonyl (C=O) groups excluding carboxylic acids is 2. The van der Waals surface area contributed by atoms with E-state index in [2.05, 4.69) is 26.0 Å². The van der Waals surface area contributed by atoms with Crippen LogP contribution in [0, 0.1) is 28.6 Å². The van der Waals surface area contributed by atoms with Gasteiger partial charge in [-0.3, -0.25) is 9.59 Å². The van der Waals surface area contributed by atoms with Crippen LogP contribution < -0.4 is 0 Å². The van der Waals surface area contributed by atoms with E-state index < -0.39 is 5.41 Å². The number of ether oxygens (including phenoxy) is 2. The van der Waals surface area contributed by atoms with E-state index in [0.29, 0.717) is 17.6 Å². The molecule has 0 aromatic carbocycles. The standard InChI is InChI=1S/C26H41NO4/c1-18(19-11-12-20-21(28)8-7-14-25(19,20)2)10-13-22(31-23-9-5-6-17-30-23)26(15-16-26)24(29)27(3)4/h10,13,18-20,22-23H,5-9,11-12,14-17H2,1-4H3/b13-10+/t18-,19?,20?,22?,23?,25-/m1/s1. The predicted molar refractivity (Wildman–Crippen MR) is 120 cm³/mol. The van der Waals surface area contributed by atoms with Gasteiger partial charge >= 0.3 is 0 Å². The molecule has 1 saturated heterocycles. The Morgan fingerprint density at radius 2 is 1.90 bits per heavy atom. The summed E-state index contributed by atoms with van der Waals surface area (Å²) in [7, 11) is 3.67. The number of allylic oxidation sites excluding steroid dienone is 1. The van der Waals surface area contributed by atoms with Crippen LogP contribution in [0.2, 0.25) is 0 Å². The van der Waals surface area contributed by atoms with Gasteiger partial charge in [-0.1, -0.05) is 26.0 Å². The van der Waals surface area contributed by atoms with Crippen molar-refractivity contribution in [3.8, 4) is 0 Å². The second-order valence-corrected chi connectivity index (χ2v) is 11.0. The van der Waals surface area contributed by atoms with Gasteiger partial charge in [0.15, 0.2) is 6.29 Å². The number of fused-ring (bicyclic) bond motifs is 1. The van der Waals surface area contributed by atoms with E-state index in [4.69, 9.17) is 9.47 Å². The highest BCUT2D eigenvalue weighted by molar-refractivity contribution is 5.86. The van der Waals surface area contributed by atoms with Crippen LogP contribution in [-0.4, -0.2) is 49.7 Å². The first-order chi connectivity index (χ1) is 14.8. The van der Waals surface area contributed by atoms with Crippen LogP contribution in [0.1, 0.15) is 78.1 Å². The lowest BCUT2D eigenvalue weighted by atomic mass is 9.62. The molecule has 0 aromatic heterocycles. The Labute approximate surface area is 187 Å². The molecule has 0 bridgehead atoms. The van der Waals surface area contributed by atoms with Crippen molar-refractivity contribution < 1.29 is 19.1 Å². The molecule has 3 saturated carbocycles. The topological polar surface area (TPSA) is 55.8 Å². The molecule has 1 amide bonds. The highest BCUT2D eigenvalue weighted by Gasteiger charge is 2.57. The minimum absolute atomic E-state index is 0.124. The number of amides is 1. The SMILES string of the molecule is C[C@H](/C=C/C(OC1CCCCO1)C1(C(=O)N(C)C)CC1)C1CCC2C(=O)CCC[C@@]21C. The van der Waals surface area contributed by atoms with E-state index in [-0.39, 0.29) is 29.6 Å². The Hall–Kier alpha value is -1.20. The van der Waals surface area contributed by atoms with Crippen molar-refractivity contribution in [1.29, 1.82) is 0 Å². The summed E-state index contributed by atoms with van der Waals surface area (Å²) in [6.45, 7) is 5.37. The molecule has 1 heterocycles. The first-order valence-electron chi connectivity index (χ1n) is 12.5. The van der Waals surface area contributed by atoms with Crippen LogP contribution in [0.15, 0.2) is 12.2 Å². The van der Waals surface area contributed by atoms with Crippen molar-refractivity contribution in [3.05, 3.63) is 12.2 Å². The van der Waals surface area contributed by atoms with Crippen molar-refractivity contribution in [1.82, 2.24) is 4.90 Å². The number of Topliss-reactive ketones (excluding diaryl/α,β-unsaturated/α-hetero) is 1. The lowest BCUT2D eigenvalue weighted by Crippen LogP contribution is -2.42. The van der Waals surface area contributed by atoms with Crippen molar-refractivity contribution in [2.75, 3.05) is 20.7 Å². The Balaban J connectivity index is 1.51. The van der Waals surface area contributed by atoms with Crippen molar-refractivity contribution in [2.24, 2.45) is 28.6 Å². The summed E-state index contributed by atoms with van der Waals surface area (Å²) >= 11 is 0.